The van der Waals surface area contributed by atoms with Gasteiger partial charge in [0.05, 0.1) is 18.1 Å². The number of carboxylic acids is 1. The van der Waals surface area contributed by atoms with E-state index in [1.165, 1.54) is 19.2 Å². The Balaban J connectivity index is 2.58. The van der Waals surface area contributed by atoms with Crippen LogP contribution in [0.25, 0.3) is 0 Å². The molecule has 0 spiro atoms. The lowest BCUT2D eigenvalue weighted by atomic mass is 9.69. The molecule has 0 heterocycles. The molecule has 1 fully saturated rings. The van der Waals surface area contributed by atoms with Crippen molar-refractivity contribution in [1.82, 2.24) is 0 Å². The lowest BCUT2D eigenvalue weighted by molar-refractivity contribution is -0.145. The van der Waals surface area contributed by atoms with E-state index in [9.17, 15) is 14.3 Å². The summed E-state index contributed by atoms with van der Waals surface area (Å²) in [5, 5.41) is 18.7. The third-order valence-electron chi connectivity index (χ3n) is 4.04. The van der Waals surface area contributed by atoms with Crippen LogP contribution in [0.2, 0.25) is 0 Å². The van der Waals surface area contributed by atoms with E-state index in [0.717, 1.165) is 19.3 Å². The number of methoxy groups -OCH3 is 1. The quantitative estimate of drug-likeness (QED) is 0.922. The van der Waals surface area contributed by atoms with Gasteiger partial charge in [0, 0.05) is 0 Å². The van der Waals surface area contributed by atoms with E-state index in [1.54, 1.807) is 0 Å². The monoisotopic (exact) mass is 277 g/mol. The molecule has 0 aromatic heterocycles. The van der Waals surface area contributed by atoms with Crippen molar-refractivity contribution < 1.29 is 19.0 Å². The molecule has 1 aliphatic rings. The van der Waals surface area contributed by atoms with E-state index < -0.39 is 17.2 Å². The Bertz CT molecular complexity index is 571. The maximum absolute atomic E-state index is 14.0. The van der Waals surface area contributed by atoms with Gasteiger partial charge in [0.15, 0.2) is 11.6 Å². The molecule has 0 amide bonds. The van der Waals surface area contributed by atoms with Gasteiger partial charge in [-0.3, -0.25) is 4.79 Å². The molecule has 1 N–H and O–H groups in total. The highest BCUT2D eigenvalue weighted by molar-refractivity contribution is 5.82. The molecule has 5 heteroatoms. The van der Waals surface area contributed by atoms with Crippen LogP contribution in [0.15, 0.2) is 12.1 Å². The van der Waals surface area contributed by atoms with Crippen molar-refractivity contribution in [2.45, 2.75) is 37.5 Å². The molecule has 0 saturated heterocycles. The molecule has 1 saturated carbocycles. The van der Waals surface area contributed by atoms with Crippen molar-refractivity contribution in [1.29, 1.82) is 5.26 Å². The van der Waals surface area contributed by atoms with Gasteiger partial charge in [-0.25, -0.2) is 4.39 Å². The molecule has 1 aromatic carbocycles. The molecule has 0 aliphatic heterocycles. The van der Waals surface area contributed by atoms with E-state index in [1.807, 2.05) is 6.07 Å². The minimum Gasteiger partial charge on any atom is -0.492 e. The van der Waals surface area contributed by atoms with Crippen molar-refractivity contribution in [3.63, 3.8) is 0 Å². The summed E-state index contributed by atoms with van der Waals surface area (Å²) < 4.78 is 18.9. The van der Waals surface area contributed by atoms with E-state index in [2.05, 4.69) is 0 Å². The lowest BCUT2D eigenvalue weighted by Gasteiger charge is -2.33. The maximum atomic E-state index is 14.0. The normalized spacial score (nSPS) is 17.2. The number of hydrogen-bond donors (Lipinski definition) is 1. The maximum Gasteiger partial charge on any atom is 0.314 e. The number of halogens is 1. The number of rotatable bonds is 3. The SMILES string of the molecule is COc1c(F)cc(C2(C(=O)O)CCCCC2)cc1C#N. The molecular weight excluding hydrogens is 261 g/mol. The van der Waals surface area contributed by atoms with Crippen LogP contribution in [-0.2, 0) is 10.2 Å². The van der Waals surface area contributed by atoms with Crippen LogP contribution in [0.3, 0.4) is 0 Å². The van der Waals surface area contributed by atoms with Gasteiger partial charge >= 0.3 is 5.97 Å². The Kier molecular flexibility index (Phi) is 3.93. The minimum absolute atomic E-state index is 0.0358. The van der Waals surface area contributed by atoms with Crippen molar-refractivity contribution in [3.05, 3.63) is 29.1 Å². The minimum atomic E-state index is -1.09. The van der Waals surface area contributed by atoms with E-state index in [4.69, 9.17) is 10.00 Å². The third-order valence-corrected chi connectivity index (χ3v) is 4.04. The molecule has 0 unspecified atom stereocenters. The zero-order valence-corrected chi connectivity index (χ0v) is 11.3. The standard InChI is InChI=1S/C15H16FNO3/c1-20-13-10(9-17)7-11(8-12(13)16)15(14(18)19)5-3-2-4-6-15/h7-8H,2-6H2,1H3,(H,18,19). The molecule has 0 atom stereocenters. The summed E-state index contributed by atoms with van der Waals surface area (Å²) >= 11 is 0. The summed E-state index contributed by atoms with van der Waals surface area (Å²) in [5.41, 5.74) is -0.690. The Morgan fingerprint density at radius 1 is 1.40 bits per heavy atom. The molecule has 1 aromatic rings. The zero-order valence-electron chi connectivity index (χ0n) is 11.3. The Labute approximate surface area is 116 Å². The second kappa shape index (κ2) is 5.49. The highest BCUT2D eigenvalue weighted by Crippen LogP contribution is 2.41. The topological polar surface area (TPSA) is 70.3 Å². The van der Waals surface area contributed by atoms with Gasteiger partial charge in [0.25, 0.3) is 0 Å². The fourth-order valence-corrected chi connectivity index (χ4v) is 2.94. The molecule has 1 aliphatic carbocycles. The molecule has 2 rings (SSSR count). The van der Waals surface area contributed by atoms with Crippen LogP contribution in [0.1, 0.15) is 43.2 Å². The second-order valence-corrected chi connectivity index (χ2v) is 5.10. The van der Waals surface area contributed by atoms with Crippen LogP contribution < -0.4 is 4.74 Å². The zero-order chi connectivity index (χ0) is 14.8. The van der Waals surface area contributed by atoms with E-state index in [0.29, 0.717) is 18.4 Å². The lowest BCUT2D eigenvalue weighted by Crippen LogP contribution is -2.38. The van der Waals surface area contributed by atoms with E-state index >= 15 is 0 Å². The van der Waals surface area contributed by atoms with E-state index in [-0.39, 0.29) is 11.3 Å². The highest BCUT2D eigenvalue weighted by atomic mass is 19.1. The van der Waals surface area contributed by atoms with Crippen molar-refractivity contribution in [2.75, 3.05) is 7.11 Å². The number of nitrogens with zero attached hydrogens (tertiary/aromatic N) is 1. The summed E-state index contributed by atoms with van der Waals surface area (Å²) in [7, 11) is 1.28. The second-order valence-electron chi connectivity index (χ2n) is 5.10. The number of nitriles is 1. The van der Waals surface area contributed by atoms with Gasteiger partial charge in [-0.2, -0.15) is 5.26 Å². The third kappa shape index (κ3) is 2.22. The molecule has 4 nitrogen and oxygen atoms in total. The fraction of sp³-hybridized carbons (Fsp3) is 0.467. The largest absolute Gasteiger partial charge is 0.492 e. The first kappa shape index (κ1) is 14.3. The van der Waals surface area contributed by atoms with Gasteiger partial charge in [-0.05, 0) is 30.5 Å². The predicted molar refractivity (Wildman–Crippen MR) is 70.1 cm³/mol. The molecule has 106 valence electrons. The fourth-order valence-electron chi connectivity index (χ4n) is 2.94. The van der Waals surface area contributed by atoms with Crippen LogP contribution in [0.5, 0.6) is 5.75 Å². The summed E-state index contributed by atoms with van der Waals surface area (Å²) in [5.74, 6) is -1.77. The average Bonchev–Trinajstić information content (AvgIpc) is 2.46. The number of carbonyl (C=O) groups is 1. The Hall–Kier alpha value is -2.09. The highest BCUT2D eigenvalue weighted by Gasteiger charge is 2.42. The van der Waals surface area contributed by atoms with Gasteiger partial charge in [-0.1, -0.05) is 19.3 Å². The smallest absolute Gasteiger partial charge is 0.314 e. The summed E-state index contributed by atoms with van der Waals surface area (Å²) in [6.45, 7) is 0. The molecule has 0 bridgehead atoms. The van der Waals surface area contributed by atoms with Gasteiger partial charge < -0.3 is 9.84 Å². The summed E-state index contributed by atoms with van der Waals surface area (Å²) in [6.07, 6.45) is 3.51. The summed E-state index contributed by atoms with van der Waals surface area (Å²) in [6, 6.07) is 4.50. The van der Waals surface area contributed by atoms with Gasteiger partial charge in [0.1, 0.15) is 6.07 Å². The van der Waals surface area contributed by atoms with Crippen molar-refractivity contribution >= 4 is 5.97 Å². The Morgan fingerprint density at radius 2 is 2.05 bits per heavy atom. The summed E-state index contributed by atoms with van der Waals surface area (Å²) in [4.78, 5) is 11.7. The van der Waals surface area contributed by atoms with Crippen LogP contribution in [0.4, 0.5) is 4.39 Å². The number of aliphatic carboxylic acids is 1. The van der Waals surface area contributed by atoms with Crippen LogP contribution in [0, 0.1) is 17.1 Å². The first-order valence-electron chi connectivity index (χ1n) is 6.56. The predicted octanol–water partition coefficient (Wildman–Crippen LogP) is 2.99. The number of carboxylic acid groups (broad SMARTS) is 1. The molecule has 0 radical (unpaired) electrons. The number of hydrogen-bond acceptors (Lipinski definition) is 3. The molecule has 20 heavy (non-hydrogen) atoms. The van der Waals surface area contributed by atoms with Crippen LogP contribution in [-0.4, -0.2) is 18.2 Å². The molecular formula is C15H16FNO3. The van der Waals surface area contributed by atoms with Gasteiger partial charge in [0.2, 0.25) is 0 Å². The van der Waals surface area contributed by atoms with Crippen LogP contribution >= 0.6 is 0 Å². The van der Waals surface area contributed by atoms with Gasteiger partial charge in [-0.15, -0.1) is 0 Å². The van der Waals surface area contributed by atoms with Crippen molar-refractivity contribution in [2.24, 2.45) is 0 Å². The first-order chi connectivity index (χ1) is 9.55. The Morgan fingerprint density at radius 3 is 2.55 bits per heavy atom. The average molecular weight is 277 g/mol. The van der Waals surface area contributed by atoms with Crippen molar-refractivity contribution in [3.8, 4) is 11.8 Å². The number of benzene rings is 1. The number of ether oxygens (including phenoxy) is 1. The first-order valence-corrected chi connectivity index (χ1v) is 6.56.